The number of aliphatic carboxylic acids is 1. The van der Waals surface area contributed by atoms with E-state index in [1.165, 1.54) is 6.07 Å². The lowest BCUT2D eigenvalue weighted by Gasteiger charge is -2.06. The van der Waals surface area contributed by atoms with Crippen LogP contribution in [0.25, 0.3) is 0 Å². The highest BCUT2D eigenvalue weighted by Gasteiger charge is 2.04. The largest absolute Gasteiger partial charge is 0.508 e. The van der Waals surface area contributed by atoms with Crippen molar-refractivity contribution < 1.29 is 15.0 Å². The predicted molar refractivity (Wildman–Crippen MR) is 52.0 cm³/mol. The van der Waals surface area contributed by atoms with E-state index in [0.29, 0.717) is 13.0 Å². The van der Waals surface area contributed by atoms with Gasteiger partial charge in [0.05, 0.1) is 0 Å². The Hall–Kier alpha value is -1.55. The molecule has 14 heavy (non-hydrogen) atoms. The van der Waals surface area contributed by atoms with E-state index in [-0.39, 0.29) is 12.2 Å². The number of carbonyl (C=O) groups is 1. The number of carboxylic acids is 1. The van der Waals surface area contributed by atoms with Crippen LogP contribution in [-0.4, -0.2) is 16.2 Å². The summed E-state index contributed by atoms with van der Waals surface area (Å²) in [5.41, 5.74) is 7.15. The second-order valence-corrected chi connectivity index (χ2v) is 3.05. The van der Waals surface area contributed by atoms with Crippen LogP contribution in [0, 0.1) is 0 Å². The Morgan fingerprint density at radius 1 is 1.36 bits per heavy atom. The Balaban J connectivity index is 2.80. The zero-order valence-corrected chi connectivity index (χ0v) is 7.73. The van der Waals surface area contributed by atoms with E-state index in [9.17, 15) is 9.90 Å². The average molecular weight is 195 g/mol. The Morgan fingerprint density at radius 3 is 2.64 bits per heavy atom. The average Bonchev–Trinajstić information content (AvgIpc) is 2.15. The van der Waals surface area contributed by atoms with Gasteiger partial charge in [-0.1, -0.05) is 6.07 Å². The first-order valence-corrected chi connectivity index (χ1v) is 4.36. The molecule has 0 heterocycles. The van der Waals surface area contributed by atoms with Gasteiger partial charge in [-0.3, -0.25) is 4.79 Å². The summed E-state index contributed by atoms with van der Waals surface area (Å²) >= 11 is 0. The predicted octanol–water partition coefficient (Wildman–Crippen LogP) is 0.868. The molecule has 0 amide bonds. The van der Waals surface area contributed by atoms with E-state index < -0.39 is 5.97 Å². The molecule has 0 aliphatic carbocycles. The first kappa shape index (κ1) is 10.5. The van der Waals surface area contributed by atoms with Crippen molar-refractivity contribution in [3.05, 3.63) is 29.3 Å². The van der Waals surface area contributed by atoms with Gasteiger partial charge in [0.25, 0.3) is 0 Å². The molecule has 0 fully saturated rings. The van der Waals surface area contributed by atoms with Gasteiger partial charge in [0, 0.05) is 13.0 Å². The minimum Gasteiger partial charge on any atom is -0.508 e. The molecule has 0 aliphatic heterocycles. The van der Waals surface area contributed by atoms with Gasteiger partial charge in [0.1, 0.15) is 5.75 Å². The van der Waals surface area contributed by atoms with Crippen LogP contribution in [0.4, 0.5) is 0 Å². The SMILES string of the molecule is NCc1cc(O)ccc1CCC(=O)O. The minimum absolute atomic E-state index is 0.0811. The van der Waals surface area contributed by atoms with Crippen LogP contribution in [0.1, 0.15) is 17.5 Å². The van der Waals surface area contributed by atoms with Crippen LogP contribution in [0.2, 0.25) is 0 Å². The first-order valence-electron chi connectivity index (χ1n) is 4.36. The summed E-state index contributed by atoms with van der Waals surface area (Å²) in [4.78, 5) is 10.4. The molecule has 0 radical (unpaired) electrons. The quantitative estimate of drug-likeness (QED) is 0.665. The van der Waals surface area contributed by atoms with Crippen molar-refractivity contribution >= 4 is 5.97 Å². The van der Waals surface area contributed by atoms with Crippen molar-refractivity contribution in [2.75, 3.05) is 0 Å². The minimum atomic E-state index is -0.832. The van der Waals surface area contributed by atoms with Gasteiger partial charge in [0.15, 0.2) is 0 Å². The molecule has 1 aromatic rings. The van der Waals surface area contributed by atoms with Crippen molar-refractivity contribution in [3.63, 3.8) is 0 Å². The van der Waals surface area contributed by atoms with Crippen molar-refractivity contribution in [3.8, 4) is 5.75 Å². The van der Waals surface area contributed by atoms with Gasteiger partial charge in [-0.05, 0) is 29.7 Å². The molecule has 0 unspecified atom stereocenters. The summed E-state index contributed by atoms with van der Waals surface area (Å²) in [6.07, 6.45) is 0.528. The lowest BCUT2D eigenvalue weighted by atomic mass is 10.0. The molecule has 0 aliphatic rings. The van der Waals surface area contributed by atoms with Crippen LogP contribution < -0.4 is 5.73 Å². The number of rotatable bonds is 4. The summed E-state index contributed by atoms with van der Waals surface area (Å²) in [5, 5.41) is 17.7. The summed E-state index contributed by atoms with van der Waals surface area (Å²) < 4.78 is 0. The number of nitrogens with two attached hydrogens (primary N) is 1. The van der Waals surface area contributed by atoms with Crippen LogP contribution in [0.5, 0.6) is 5.75 Å². The number of phenols is 1. The molecule has 0 atom stereocenters. The molecule has 76 valence electrons. The molecule has 0 aromatic heterocycles. The van der Waals surface area contributed by atoms with Crippen LogP contribution >= 0.6 is 0 Å². The fraction of sp³-hybridized carbons (Fsp3) is 0.300. The topological polar surface area (TPSA) is 83.5 Å². The summed E-state index contributed by atoms with van der Waals surface area (Å²) in [6, 6.07) is 4.81. The molecule has 4 N–H and O–H groups in total. The zero-order chi connectivity index (χ0) is 10.6. The van der Waals surface area contributed by atoms with Crippen LogP contribution in [0.3, 0.4) is 0 Å². The molecule has 0 spiro atoms. The molecule has 0 saturated carbocycles. The van der Waals surface area contributed by atoms with Crippen molar-refractivity contribution in [2.24, 2.45) is 5.73 Å². The first-order chi connectivity index (χ1) is 6.63. The third-order valence-corrected chi connectivity index (χ3v) is 2.02. The van der Waals surface area contributed by atoms with Gasteiger partial charge in [-0.2, -0.15) is 0 Å². The monoisotopic (exact) mass is 195 g/mol. The van der Waals surface area contributed by atoms with Gasteiger partial charge in [-0.25, -0.2) is 0 Å². The molecule has 0 saturated heterocycles. The Morgan fingerprint density at radius 2 is 2.07 bits per heavy atom. The second-order valence-electron chi connectivity index (χ2n) is 3.05. The fourth-order valence-electron chi connectivity index (χ4n) is 1.29. The summed E-state index contributed by atoms with van der Waals surface area (Å²) in [6.45, 7) is 0.309. The summed E-state index contributed by atoms with van der Waals surface area (Å²) in [5.74, 6) is -0.675. The highest BCUT2D eigenvalue weighted by Crippen LogP contribution is 2.17. The van der Waals surface area contributed by atoms with Gasteiger partial charge in [-0.15, -0.1) is 0 Å². The van der Waals surface area contributed by atoms with Crippen molar-refractivity contribution in [1.82, 2.24) is 0 Å². The number of carboxylic acid groups (broad SMARTS) is 1. The standard InChI is InChI=1S/C10H13NO3/c11-6-8-5-9(12)3-1-7(8)2-4-10(13)14/h1,3,5,12H,2,4,6,11H2,(H,13,14). The number of benzene rings is 1. The highest BCUT2D eigenvalue weighted by molar-refractivity contribution is 5.67. The van der Waals surface area contributed by atoms with E-state index in [1.807, 2.05) is 0 Å². The van der Waals surface area contributed by atoms with Gasteiger partial charge in [0.2, 0.25) is 0 Å². The van der Waals surface area contributed by atoms with Gasteiger partial charge >= 0.3 is 5.97 Å². The fourth-order valence-corrected chi connectivity index (χ4v) is 1.29. The number of hydrogen-bond acceptors (Lipinski definition) is 3. The maximum atomic E-state index is 10.4. The number of phenolic OH excluding ortho intramolecular Hbond substituents is 1. The van der Waals surface area contributed by atoms with Crippen LogP contribution in [-0.2, 0) is 17.8 Å². The van der Waals surface area contributed by atoms with E-state index in [4.69, 9.17) is 10.8 Å². The Labute approximate surface area is 82.0 Å². The van der Waals surface area contributed by atoms with E-state index in [2.05, 4.69) is 0 Å². The number of aromatic hydroxyl groups is 1. The molecule has 1 aromatic carbocycles. The van der Waals surface area contributed by atoms with Crippen molar-refractivity contribution in [2.45, 2.75) is 19.4 Å². The normalized spacial score (nSPS) is 10.1. The smallest absolute Gasteiger partial charge is 0.303 e. The molecule has 4 heteroatoms. The third-order valence-electron chi connectivity index (χ3n) is 2.02. The maximum absolute atomic E-state index is 10.4. The third kappa shape index (κ3) is 2.74. The lowest BCUT2D eigenvalue weighted by molar-refractivity contribution is -0.136. The highest BCUT2D eigenvalue weighted by atomic mass is 16.4. The van der Waals surface area contributed by atoms with E-state index in [0.717, 1.165) is 11.1 Å². The Kier molecular flexibility index (Phi) is 3.48. The van der Waals surface area contributed by atoms with Crippen molar-refractivity contribution in [1.29, 1.82) is 0 Å². The molecule has 0 bridgehead atoms. The molecule has 1 rings (SSSR count). The number of aryl methyl sites for hydroxylation is 1. The maximum Gasteiger partial charge on any atom is 0.303 e. The zero-order valence-electron chi connectivity index (χ0n) is 7.73. The lowest BCUT2D eigenvalue weighted by Crippen LogP contribution is -2.04. The van der Waals surface area contributed by atoms with Crippen LogP contribution in [0.15, 0.2) is 18.2 Å². The Bertz CT molecular complexity index is 336. The summed E-state index contributed by atoms with van der Waals surface area (Å²) in [7, 11) is 0. The second kappa shape index (κ2) is 4.62. The molecule has 4 nitrogen and oxygen atoms in total. The molecular formula is C10H13NO3. The van der Waals surface area contributed by atoms with E-state index in [1.54, 1.807) is 12.1 Å². The molecular weight excluding hydrogens is 182 g/mol. The van der Waals surface area contributed by atoms with Gasteiger partial charge < -0.3 is 15.9 Å². The number of hydrogen-bond donors (Lipinski definition) is 3. The van der Waals surface area contributed by atoms with E-state index >= 15 is 0 Å².